The Bertz CT molecular complexity index is 1110. The van der Waals surface area contributed by atoms with Crippen LogP contribution in [0.2, 0.25) is 0 Å². The smallest absolute Gasteiger partial charge is 0.293 e. The predicted octanol–water partition coefficient (Wildman–Crippen LogP) is 3.22. The van der Waals surface area contributed by atoms with E-state index in [-0.39, 0.29) is 58.0 Å². The number of hydrogen-bond acceptors (Lipinski definition) is 7. The minimum absolute atomic E-state index is 0. The van der Waals surface area contributed by atoms with E-state index in [1.54, 1.807) is 6.07 Å². The van der Waals surface area contributed by atoms with Crippen LogP contribution in [0.5, 0.6) is 5.75 Å². The van der Waals surface area contributed by atoms with Crippen molar-refractivity contribution in [3.05, 3.63) is 50.7 Å². The average Bonchev–Trinajstić information content (AvgIpc) is 2.69. The van der Waals surface area contributed by atoms with E-state index in [1.807, 2.05) is 7.05 Å². The van der Waals surface area contributed by atoms with Crippen LogP contribution in [0.3, 0.4) is 0 Å². The highest BCUT2D eigenvalue weighted by Crippen LogP contribution is 2.30. The molecule has 0 aliphatic carbocycles. The van der Waals surface area contributed by atoms with E-state index in [1.165, 1.54) is 24.3 Å². The van der Waals surface area contributed by atoms with E-state index in [9.17, 15) is 20.0 Å². The molecular formula is C20H27Cl2N5O4. The van der Waals surface area contributed by atoms with Crippen LogP contribution in [0.15, 0.2) is 35.1 Å². The largest absolute Gasteiger partial charge is 0.508 e. The topological polar surface area (TPSA) is 138 Å². The van der Waals surface area contributed by atoms with Gasteiger partial charge in [0.2, 0.25) is 0 Å². The fourth-order valence-corrected chi connectivity index (χ4v) is 3.40. The Hall–Kier alpha value is -2.59. The third-order valence-corrected chi connectivity index (χ3v) is 4.89. The number of hydrogen-bond donors (Lipinski definition) is 4. The summed E-state index contributed by atoms with van der Waals surface area (Å²) in [4.78, 5) is 29.2. The highest BCUT2D eigenvalue weighted by molar-refractivity contribution is 6.03. The summed E-state index contributed by atoms with van der Waals surface area (Å²) in [6.45, 7) is 3.05. The molecule has 0 fully saturated rings. The Morgan fingerprint density at radius 3 is 2.58 bits per heavy atom. The lowest BCUT2D eigenvalue weighted by Gasteiger charge is -2.16. The number of aromatic hydroxyl groups is 1. The number of pyridine rings is 1. The molecule has 0 saturated carbocycles. The molecule has 1 aromatic heterocycles. The third kappa shape index (κ3) is 5.98. The van der Waals surface area contributed by atoms with Crippen LogP contribution in [0.4, 0.5) is 11.4 Å². The average molecular weight is 472 g/mol. The molecule has 0 saturated heterocycles. The minimum Gasteiger partial charge on any atom is -0.508 e. The van der Waals surface area contributed by atoms with Gasteiger partial charge in [0.05, 0.1) is 15.8 Å². The number of fused-ring (bicyclic) bond motifs is 2. The zero-order valence-electron chi connectivity index (χ0n) is 17.1. The normalized spacial score (nSPS) is 10.7. The van der Waals surface area contributed by atoms with Gasteiger partial charge in [-0.25, -0.2) is 0 Å². The first-order chi connectivity index (χ1) is 13.9. The number of nitrogens with one attached hydrogen (secondary N) is 2. The molecule has 1 heterocycles. The number of nitro groups is 1. The number of nitro benzene ring substituents is 1. The first-order valence-corrected chi connectivity index (χ1v) is 9.51. The van der Waals surface area contributed by atoms with Gasteiger partial charge in [-0.1, -0.05) is 0 Å². The summed E-state index contributed by atoms with van der Waals surface area (Å²) in [6, 6.07) is 7.27. The summed E-state index contributed by atoms with van der Waals surface area (Å²) in [5.41, 5.74) is 6.12. The van der Waals surface area contributed by atoms with Crippen LogP contribution in [-0.2, 0) is 0 Å². The van der Waals surface area contributed by atoms with Crippen molar-refractivity contribution in [2.45, 2.75) is 12.8 Å². The molecule has 0 spiro atoms. The molecule has 0 radical (unpaired) electrons. The molecule has 9 nitrogen and oxygen atoms in total. The molecule has 2 aromatic carbocycles. The number of aromatic nitrogens is 1. The Morgan fingerprint density at radius 1 is 1.19 bits per heavy atom. The summed E-state index contributed by atoms with van der Waals surface area (Å²) in [5.74, 6) is -0.0391. The molecule has 0 unspecified atom stereocenters. The highest BCUT2D eigenvalue weighted by Gasteiger charge is 2.19. The van der Waals surface area contributed by atoms with Crippen LogP contribution in [-0.4, -0.2) is 53.1 Å². The molecule has 0 atom stereocenters. The van der Waals surface area contributed by atoms with E-state index in [0.29, 0.717) is 24.3 Å². The van der Waals surface area contributed by atoms with Crippen molar-refractivity contribution in [1.29, 1.82) is 0 Å². The number of nitrogens with two attached hydrogens (primary N) is 1. The zero-order chi connectivity index (χ0) is 21.0. The number of benzene rings is 2. The number of phenols is 1. The van der Waals surface area contributed by atoms with Crippen molar-refractivity contribution in [1.82, 2.24) is 9.88 Å². The van der Waals surface area contributed by atoms with Gasteiger partial charge in [-0.2, -0.15) is 0 Å². The van der Waals surface area contributed by atoms with Gasteiger partial charge in [-0.3, -0.25) is 14.9 Å². The van der Waals surface area contributed by atoms with Crippen molar-refractivity contribution < 1.29 is 10.0 Å². The van der Waals surface area contributed by atoms with E-state index >= 15 is 0 Å². The Balaban J connectivity index is 0.00000240. The van der Waals surface area contributed by atoms with Crippen LogP contribution in [0.25, 0.3) is 21.8 Å². The fraction of sp³-hybridized carbons (Fsp3) is 0.350. The SMILES string of the molecule is CN(CCCN)CCCNc1ccc([N+](=O)[O-])c2[nH]c3ccc(O)cc3c(=O)c12.Cl.Cl. The van der Waals surface area contributed by atoms with Gasteiger partial charge < -0.3 is 26.0 Å². The second kappa shape index (κ2) is 11.7. The molecule has 31 heavy (non-hydrogen) atoms. The first kappa shape index (κ1) is 26.4. The lowest BCUT2D eigenvalue weighted by Crippen LogP contribution is -2.24. The van der Waals surface area contributed by atoms with E-state index in [2.05, 4.69) is 15.2 Å². The molecule has 0 amide bonds. The van der Waals surface area contributed by atoms with Gasteiger partial charge in [-0.15, -0.1) is 24.8 Å². The van der Waals surface area contributed by atoms with Crippen LogP contribution in [0, 0.1) is 10.1 Å². The number of anilines is 1. The Kier molecular flexibility index (Phi) is 9.99. The van der Waals surface area contributed by atoms with Crippen LogP contribution < -0.4 is 16.5 Å². The summed E-state index contributed by atoms with van der Waals surface area (Å²) in [6.07, 6.45) is 1.78. The molecule has 0 aliphatic heterocycles. The van der Waals surface area contributed by atoms with Crippen molar-refractivity contribution in [3.8, 4) is 5.75 Å². The summed E-state index contributed by atoms with van der Waals surface area (Å²) in [5, 5.41) is 24.9. The molecular weight excluding hydrogens is 445 g/mol. The van der Waals surface area contributed by atoms with E-state index in [0.717, 1.165) is 25.9 Å². The second-order valence-corrected chi connectivity index (χ2v) is 7.05. The van der Waals surface area contributed by atoms with Crippen molar-refractivity contribution in [2.75, 3.05) is 38.5 Å². The van der Waals surface area contributed by atoms with Gasteiger partial charge in [0, 0.05) is 23.7 Å². The van der Waals surface area contributed by atoms with Crippen LogP contribution in [0.1, 0.15) is 12.8 Å². The standard InChI is InChI=1S/C20H25N5O4.2ClH/c1-24(10-2-8-21)11-3-9-22-16-6-7-17(25(28)29)19-18(16)20(27)14-12-13(26)4-5-15(14)23-19;;/h4-7,12,22,26H,2-3,8-11,21H2,1H3,(H,23,27);2*1H. The number of non-ortho nitro benzene ring substituents is 1. The van der Waals surface area contributed by atoms with Crippen LogP contribution >= 0.6 is 24.8 Å². The van der Waals surface area contributed by atoms with Gasteiger partial charge in [0.15, 0.2) is 5.43 Å². The van der Waals surface area contributed by atoms with Gasteiger partial charge >= 0.3 is 0 Å². The number of halogens is 2. The van der Waals surface area contributed by atoms with Crippen molar-refractivity contribution >= 4 is 58.0 Å². The molecule has 3 aromatic rings. The lowest BCUT2D eigenvalue weighted by atomic mass is 10.1. The zero-order valence-corrected chi connectivity index (χ0v) is 18.7. The molecule has 11 heteroatoms. The fourth-order valence-electron chi connectivity index (χ4n) is 3.40. The number of nitrogens with zero attached hydrogens (tertiary/aromatic N) is 2. The summed E-state index contributed by atoms with van der Waals surface area (Å²) < 4.78 is 0. The maximum Gasteiger partial charge on any atom is 0.293 e. The third-order valence-electron chi connectivity index (χ3n) is 4.89. The molecule has 170 valence electrons. The highest BCUT2D eigenvalue weighted by atomic mass is 35.5. The second-order valence-electron chi connectivity index (χ2n) is 7.05. The molecule has 0 aliphatic rings. The maximum absolute atomic E-state index is 13.1. The lowest BCUT2D eigenvalue weighted by molar-refractivity contribution is -0.383. The quantitative estimate of drug-likeness (QED) is 0.162. The monoisotopic (exact) mass is 471 g/mol. The van der Waals surface area contributed by atoms with Gasteiger partial charge in [0.1, 0.15) is 11.3 Å². The Morgan fingerprint density at radius 2 is 1.90 bits per heavy atom. The number of aromatic amines is 1. The van der Waals surface area contributed by atoms with Crippen molar-refractivity contribution in [2.24, 2.45) is 5.73 Å². The summed E-state index contributed by atoms with van der Waals surface area (Å²) >= 11 is 0. The molecule has 0 bridgehead atoms. The maximum atomic E-state index is 13.1. The van der Waals surface area contributed by atoms with Gasteiger partial charge in [-0.05, 0) is 63.8 Å². The number of phenolic OH excluding ortho intramolecular Hbond substituents is 1. The summed E-state index contributed by atoms with van der Waals surface area (Å²) in [7, 11) is 2.03. The number of rotatable bonds is 9. The minimum atomic E-state index is -0.513. The van der Waals surface area contributed by atoms with Gasteiger partial charge in [0.25, 0.3) is 5.69 Å². The Labute approximate surface area is 191 Å². The van der Waals surface area contributed by atoms with E-state index in [4.69, 9.17) is 5.73 Å². The first-order valence-electron chi connectivity index (χ1n) is 9.51. The molecule has 5 N–H and O–H groups in total. The van der Waals surface area contributed by atoms with Crippen molar-refractivity contribution in [3.63, 3.8) is 0 Å². The molecule has 3 rings (SSSR count). The number of H-pyrrole nitrogens is 1. The van der Waals surface area contributed by atoms with E-state index < -0.39 is 4.92 Å². The predicted molar refractivity (Wildman–Crippen MR) is 129 cm³/mol.